The number of ether oxygens (including phenoxy) is 1. The van der Waals surface area contributed by atoms with Gasteiger partial charge in [-0.05, 0) is 30.9 Å². The Morgan fingerprint density at radius 3 is 2.88 bits per heavy atom. The van der Waals surface area contributed by atoms with Gasteiger partial charge in [-0.15, -0.1) is 0 Å². The molecule has 1 aliphatic heterocycles. The van der Waals surface area contributed by atoms with Crippen LogP contribution in [0, 0.1) is 5.92 Å². The SMILES string of the molecule is COc1cccnc1N1CCC(CBr)CC1. The molecule has 16 heavy (non-hydrogen) atoms. The highest BCUT2D eigenvalue weighted by Gasteiger charge is 2.21. The first-order valence-corrected chi connectivity index (χ1v) is 6.77. The van der Waals surface area contributed by atoms with Crippen molar-refractivity contribution in [3.63, 3.8) is 0 Å². The molecule has 0 radical (unpaired) electrons. The maximum absolute atomic E-state index is 5.34. The number of methoxy groups -OCH3 is 1. The van der Waals surface area contributed by atoms with E-state index in [0.717, 1.165) is 35.9 Å². The van der Waals surface area contributed by atoms with Crippen molar-refractivity contribution in [1.29, 1.82) is 0 Å². The predicted molar refractivity (Wildman–Crippen MR) is 69.5 cm³/mol. The summed E-state index contributed by atoms with van der Waals surface area (Å²) >= 11 is 3.56. The Balaban J connectivity index is 2.07. The van der Waals surface area contributed by atoms with Crippen molar-refractivity contribution >= 4 is 21.7 Å². The number of alkyl halides is 1. The first-order chi connectivity index (χ1) is 7.85. The molecule has 4 heteroatoms. The average molecular weight is 285 g/mol. The van der Waals surface area contributed by atoms with Crippen LogP contribution in [0.2, 0.25) is 0 Å². The molecular formula is C12H17BrN2O. The van der Waals surface area contributed by atoms with Crippen LogP contribution in [0.15, 0.2) is 18.3 Å². The van der Waals surface area contributed by atoms with Crippen molar-refractivity contribution in [2.45, 2.75) is 12.8 Å². The van der Waals surface area contributed by atoms with Gasteiger partial charge in [0.25, 0.3) is 0 Å². The van der Waals surface area contributed by atoms with E-state index in [1.807, 2.05) is 18.3 Å². The van der Waals surface area contributed by atoms with E-state index in [1.54, 1.807) is 7.11 Å². The van der Waals surface area contributed by atoms with Crippen LogP contribution in [-0.4, -0.2) is 30.5 Å². The Bertz CT molecular complexity index is 338. The number of halogens is 1. The molecule has 88 valence electrons. The second-order valence-corrected chi connectivity index (χ2v) is 4.76. The second kappa shape index (κ2) is 5.53. The largest absolute Gasteiger partial charge is 0.493 e. The van der Waals surface area contributed by atoms with Crippen LogP contribution < -0.4 is 9.64 Å². The number of nitrogens with zero attached hydrogens (tertiary/aromatic N) is 2. The fourth-order valence-corrected chi connectivity index (χ4v) is 2.73. The molecule has 0 bridgehead atoms. The van der Waals surface area contributed by atoms with E-state index in [2.05, 4.69) is 25.8 Å². The minimum Gasteiger partial charge on any atom is -0.493 e. The molecule has 0 spiro atoms. The van der Waals surface area contributed by atoms with Gasteiger partial charge in [-0.2, -0.15) is 0 Å². The van der Waals surface area contributed by atoms with E-state index in [4.69, 9.17) is 4.74 Å². The van der Waals surface area contributed by atoms with Gasteiger partial charge < -0.3 is 9.64 Å². The normalized spacial score (nSPS) is 17.5. The minimum atomic E-state index is 0.811. The molecule has 1 aliphatic rings. The predicted octanol–water partition coefficient (Wildman–Crippen LogP) is 2.70. The van der Waals surface area contributed by atoms with Crippen LogP contribution in [0.5, 0.6) is 5.75 Å². The summed E-state index contributed by atoms with van der Waals surface area (Å²) in [4.78, 5) is 6.73. The number of anilines is 1. The van der Waals surface area contributed by atoms with Crippen LogP contribution in [0.3, 0.4) is 0 Å². The maximum atomic E-state index is 5.34. The van der Waals surface area contributed by atoms with E-state index in [9.17, 15) is 0 Å². The molecule has 1 fully saturated rings. The Morgan fingerprint density at radius 1 is 1.50 bits per heavy atom. The van der Waals surface area contributed by atoms with Gasteiger partial charge in [0.15, 0.2) is 11.6 Å². The highest BCUT2D eigenvalue weighted by molar-refractivity contribution is 9.09. The van der Waals surface area contributed by atoms with Crippen molar-refractivity contribution in [2.75, 3.05) is 30.4 Å². The highest BCUT2D eigenvalue weighted by Crippen LogP contribution is 2.29. The molecule has 3 nitrogen and oxygen atoms in total. The molecule has 0 amide bonds. The summed E-state index contributed by atoms with van der Waals surface area (Å²) in [5.41, 5.74) is 0. The summed E-state index contributed by atoms with van der Waals surface area (Å²) in [7, 11) is 1.70. The van der Waals surface area contributed by atoms with Crippen LogP contribution in [0.1, 0.15) is 12.8 Å². The Morgan fingerprint density at radius 2 is 2.25 bits per heavy atom. The maximum Gasteiger partial charge on any atom is 0.171 e. The molecule has 1 saturated heterocycles. The van der Waals surface area contributed by atoms with Crippen LogP contribution >= 0.6 is 15.9 Å². The zero-order valence-corrected chi connectivity index (χ0v) is 11.1. The zero-order valence-electron chi connectivity index (χ0n) is 9.53. The Kier molecular flexibility index (Phi) is 4.04. The third kappa shape index (κ3) is 2.48. The quantitative estimate of drug-likeness (QED) is 0.798. The number of rotatable bonds is 3. The lowest BCUT2D eigenvalue weighted by Gasteiger charge is -2.32. The minimum absolute atomic E-state index is 0.811. The van der Waals surface area contributed by atoms with Crippen molar-refractivity contribution in [3.8, 4) is 5.75 Å². The molecule has 0 N–H and O–H groups in total. The number of hydrogen-bond acceptors (Lipinski definition) is 3. The monoisotopic (exact) mass is 284 g/mol. The fourth-order valence-electron chi connectivity index (χ4n) is 2.08. The molecule has 0 saturated carbocycles. The van der Waals surface area contributed by atoms with Gasteiger partial charge in [0.05, 0.1) is 7.11 Å². The molecule has 0 unspecified atom stereocenters. The third-order valence-electron chi connectivity index (χ3n) is 3.10. The summed E-state index contributed by atoms with van der Waals surface area (Å²) in [5, 5.41) is 1.11. The van der Waals surface area contributed by atoms with E-state index in [-0.39, 0.29) is 0 Å². The first kappa shape index (κ1) is 11.7. The van der Waals surface area contributed by atoms with Crippen molar-refractivity contribution < 1.29 is 4.74 Å². The van der Waals surface area contributed by atoms with Crippen LogP contribution in [0.4, 0.5) is 5.82 Å². The smallest absolute Gasteiger partial charge is 0.171 e. The van der Waals surface area contributed by atoms with Gasteiger partial charge in [0.2, 0.25) is 0 Å². The summed E-state index contributed by atoms with van der Waals surface area (Å²) in [6.45, 7) is 2.15. The van der Waals surface area contributed by atoms with Crippen molar-refractivity contribution in [1.82, 2.24) is 4.98 Å². The van der Waals surface area contributed by atoms with Gasteiger partial charge in [0.1, 0.15) is 0 Å². The summed E-state index contributed by atoms with van der Waals surface area (Å²) in [6, 6.07) is 3.88. The lowest BCUT2D eigenvalue weighted by atomic mass is 9.99. The van der Waals surface area contributed by atoms with E-state index >= 15 is 0 Å². The summed E-state index contributed by atoms with van der Waals surface area (Å²) in [6.07, 6.45) is 4.28. The number of piperidine rings is 1. The van der Waals surface area contributed by atoms with Gasteiger partial charge in [-0.1, -0.05) is 15.9 Å². The Labute approximate surface area is 105 Å². The molecule has 1 aromatic heterocycles. The molecule has 2 heterocycles. The van der Waals surface area contributed by atoms with E-state index < -0.39 is 0 Å². The topological polar surface area (TPSA) is 25.4 Å². The lowest BCUT2D eigenvalue weighted by molar-refractivity contribution is 0.403. The van der Waals surface area contributed by atoms with Gasteiger partial charge in [-0.25, -0.2) is 4.98 Å². The number of aromatic nitrogens is 1. The number of hydrogen-bond donors (Lipinski definition) is 0. The highest BCUT2D eigenvalue weighted by atomic mass is 79.9. The molecule has 0 aromatic carbocycles. The first-order valence-electron chi connectivity index (χ1n) is 5.65. The molecule has 1 aromatic rings. The zero-order chi connectivity index (χ0) is 11.4. The van der Waals surface area contributed by atoms with E-state index in [1.165, 1.54) is 12.8 Å². The fraction of sp³-hybridized carbons (Fsp3) is 0.583. The Hall–Kier alpha value is -0.770. The standard InChI is InChI=1S/C12H17BrN2O/c1-16-11-3-2-6-14-12(11)15-7-4-10(9-13)5-8-15/h2-3,6,10H,4-5,7-9H2,1H3. The van der Waals surface area contributed by atoms with Gasteiger partial charge in [0, 0.05) is 24.6 Å². The van der Waals surface area contributed by atoms with Crippen LogP contribution in [0.25, 0.3) is 0 Å². The third-order valence-corrected chi connectivity index (χ3v) is 4.02. The second-order valence-electron chi connectivity index (χ2n) is 4.11. The van der Waals surface area contributed by atoms with Gasteiger partial charge in [-0.3, -0.25) is 0 Å². The summed E-state index contributed by atoms with van der Waals surface area (Å²) in [5.74, 6) is 2.67. The molecule has 2 rings (SSSR count). The van der Waals surface area contributed by atoms with Crippen molar-refractivity contribution in [2.24, 2.45) is 5.92 Å². The molecule has 0 aliphatic carbocycles. The number of pyridine rings is 1. The van der Waals surface area contributed by atoms with Gasteiger partial charge >= 0.3 is 0 Å². The van der Waals surface area contributed by atoms with Crippen LogP contribution in [-0.2, 0) is 0 Å². The summed E-state index contributed by atoms with van der Waals surface area (Å²) < 4.78 is 5.34. The van der Waals surface area contributed by atoms with Crippen molar-refractivity contribution in [3.05, 3.63) is 18.3 Å². The van der Waals surface area contributed by atoms with E-state index in [0.29, 0.717) is 0 Å². The molecule has 0 atom stereocenters. The lowest BCUT2D eigenvalue weighted by Crippen LogP contribution is -2.34. The average Bonchev–Trinajstić information content (AvgIpc) is 2.39. The molecular weight excluding hydrogens is 268 g/mol.